The first-order valence-corrected chi connectivity index (χ1v) is 7.44. The second kappa shape index (κ2) is 9.73. The molecule has 0 spiro atoms. The van der Waals surface area contributed by atoms with Gasteiger partial charge in [-0.15, -0.1) is 0 Å². The summed E-state index contributed by atoms with van der Waals surface area (Å²) in [5, 5.41) is 22.3. The number of rotatable bonds is 9. The summed E-state index contributed by atoms with van der Waals surface area (Å²) in [6.07, 6.45) is 7.12. The summed E-state index contributed by atoms with van der Waals surface area (Å²) in [6.45, 7) is 4.00. The Hall–Kier alpha value is -0.160. The summed E-state index contributed by atoms with van der Waals surface area (Å²) in [5.41, 5.74) is 0. The fraction of sp³-hybridized carbons (Fsp3) is 1.00. The van der Waals surface area contributed by atoms with E-state index in [1.54, 1.807) is 0 Å². The van der Waals surface area contributed by atoms with Crippen LogP contribution in [0, 0.1) is 0 Å². The maximum absolute atomic E-state index is 9.72. The average molecular weight is 259 g/mol. The summed E-state index contributed by atoms with van der Waals surface area (Å²) in [4.78, 5) is 0. The molecule has 3 atom stereocenters. The van der Waals surface area contributed by atoms with Gasteiger partial charge in [0.15, 0.2) is 0 Å². The van der Waals surface area contributed by atoms with Gasteiger partial charge in [-0.1, -0.05) is 45.4 Å². The molecule has 0 radical (unpaired) electrons. The highest BCUT2D eigenvalue weighted by atomic mass is 16.5. The molecule has 108 valence electrons. The van der Waals surface area contributed by atoms with Crippen LogP contribution in [0.1, 0.15) is 51.9 Å². The molecule has 1 rings (SSSR count). The van der Waals surface area contributed by atoms with Gasteiger partial charge in [0.25, 0.3) is 0 Å². The van der Waals surface area contributed by atoms with Crippen molar-refractivity contribution in [2.45, 2.75) is 70.2 Å². The average Bonchev–Trinajstić information content (AvgIpc) is 2.37. The van der Waals surface area contributed by atoms with Gasteiger partial charge < -0.3 is 20.3 Å². The van der Waals surface area contributed by atoms with Crippen LogP contribution in [0.2, 0.25) is 0 Å². The molecular weight excluding hydrogens is 230 g/mol. The van der Waals surface area contributed by atoms with E-state index in [4.69, 9.17) is 4.74 Å². The molecule has 0 amide bonds. The van der Waals surface area contributed by atoms with E-state index < -0.39 is 12.2 Å². The van der Waals surface area contributed by atoms with Crippen LogP contribution in [0.4, 0.5) is 0 Å². The predicted octanol–water partition coefficient (Wildman–Crippen LogP) is 1.45. The molecule has 18 heavy (non-hydrogen) atoms. The van der Waals surface area contributed by atoms with E-state index in [-0.39, 0.29) is 6.10 Å². The molecule has 1 fully saturated rings. The van der Waals surface area contributed by atoms with Crippen molar-refractivity contribution >= 4 is 0 Å². The van der Waals surface area contributed by atoms with Gasteiger partial charge in [-0.3, -0.25) is 0 Å². The lowest BCUT2D eigenvalue weighted by molar-refractivity contribution is -0.104. The molecule has 0 aromatic carbocycles. The molecule has 0 saturated carbocycles. The van der Waals surface area contributed by atoms with Crippen molar-refractivity contribution in [1.29, 1.82) is 0 Å². The van der Waals surface area contributed by atoms with E-state index in [0.717, 1.165) is 6.42 Å². The number of hydrogen-bond donors (Lipinski definition) is 3. The van der Waals surface area contributed by atoms with E-state index in [1.165, 1.54) is 38.5 Å². The van der Waals surface area contributed by atoms with Crippen LogP contribution >= 0.6 is 0 Å². The van der Waals surface area contributed by atoms with Gasteiger partial charge in [0.05, 0.1) is 12.2 Å². The number of hydrogen-bond acceptors (Lipinski definition) is 4. The second-order valence-corrected chi connectivity index (χ2v) is 5.25. The predicted molar refractivity (Wildman–Crippen MR) is 72.6 cm³/mol. The highest BCUT2D eigenvalue weighted by Crippen LogP contribution is 2.11. The molecule has 0 bridgehead atoms. The minimum Gasteiger partial charge on any atom is -0.389 e. The van der Waals surface area contributed by atoms with Gasteiger partial charge in [0.2, 0.25) is 0 Å². The molecular formula is C14H29NO3. The topological polar surface area (TPSA) is 61.7 Å². The zero-order valence-electron chi connectivity index (χ0n) is 11.6. The Morgan fingerprint density at radius 3 is 2.39 bits per heavy atom. The Morgan fingerprint density at radius 1 is 1.00 bits per heavy atom. The van der Waals surface area contributed by atoms with Crippen LogP contribution in [0.3, 0.4) is 0 Å². The Labute approximate surface area is 111 Å². The third-order valence-corrected chi connectivity index (χ3v) is 3.55. The highest BCUT2D eigenvalue weighted by molar-refractivity contribution is 4.85. The summed E-state index contributed by atoms with van der Waals surface area (Å²) in [5.74, 6) is 0. The van der Waals surface area contributed by atoms with Gasteiger partial charge in [-0.25, -0.2) is 0 Å². The summed E-state index contributed by atoms with van der Waals surface area (Å²) < 4.78 is 5.62. The van der Waals surface area contributed by atoms with E-state index in [1.807, 2.05) is 0 Å². The summed E-state index contributed by atoms with van der Waals surface area (Å²) >= 11 is 0. The lowest BCUT2D eigenvalue weighted by Crippen LogP contribution is -2.54. The third kappa shape index (κ3) is 6.14. The SMILES string of the molecule is CCCCCCCCCO[C@@H]1CNC[C@H](O)[C@@H]1O. The standard InChI is InChI=1S/C14H29NO3/c1-2-3-4-5-6-7-8-9-18-13-11-15-10-12(16)14(13)17/h12-17H,2-11H2,1H3/t12-,13+,14-/m0/s1. The number of unbranched alkanes of at least 4 members (excludes halogenated alkanes) is 6. The monoisotopic (exact) mass is 259 g/mol. The van der Waals surface area contributed by atoms with Gasteiger partial charge in [-0.2, -0.15) is 0 Å². The molecule has 1 aliphatic rings. The second-order valence-electron chi connectivity index (χ2n) is 5.25. The van der Waals surface area contributed by atoms with E-state index in [2.05, 4.69) is 12.2 Å². The first-order valence-electron chi connectivity index (χ1n) is 7.44. The van der Waals surface area contributed by atoms with Crippen LogP contribution < -0.4 is 5.32 Å². The highest BCUT2D eigenvalue weighted by Gasteiger charge is 2.30. The molecule has 1 heterocycles. The third-order valence-electron chi connectivity index (χ3n) is 3.55. The molecule has 0 aliphatic carbocycles. The lowest BCUT2D eigenvalue weighted by Gasteiger charge is -2.32. The van der Waals surface area contributed by atoms with Gasteiger partial charge in [-0.05, 0) is 6.42 Å². The molecule has 1 saturated heterocycles. The van der Waals surface area contributed by atoms with E-state index in [9.17, 15) is 10.2 Å². The molecule has 0 aromatic rings. The number of β-amino-alcohol motifs (C(OH)–C–C–N with tert-alkyl or cyclic N) is 1. The fourth-order valence-corrected chi connectivity index (χ4v) is 2.31. The lowest BCUT2D eigenvalue weighted by atomic mass is 10.0. The molecule has 4 heteroatoms. The Bertz CT molecular complexity index is 201. The number of aliphatic hydroxyl groups is 2. The normalized spacial score (nSPS) is 28.5. The van der Waals surface area contributed by atoms with Crippen molar-refractivity contribution in [2.24, 2.45) is 0 Å². The van der Waals surface area contributed by atoms with Crippen LogP contribution in [-0.4, -0.2) is 48.2 Å². The maximum Gasteiger partial charge on any atom is 0.108 e. The zero-order valence-corrected chi connectivity index (χ0v) is 11.6. The van der Waals surface area contributed by atoms with Crippen LogP contribution in [0.15, 0.2) is 0 Å². The van der Waals surface area contributed by atoms with Gasteiger partial charge in [0.1, 0.15) is 6.10 Å². The van der Waals surface area contributed by atoms with Crippen molar-refractivity contribution in [3.8, 4) is 0 Å². The minimum absolute atomic E-state index is 0.256. The molecule has 3 N–H and O–H groups in total. The largest absolute Gasteiger partial charge is 0.389 e. The van der Waals surface area contributed by atoms with Crippen LogP contribution in [0.25, 0.3) is 0 Å². The number of aliphatic hydroxyl groups excluding tert-OH is 2. The maximum atomic E-state index is 9.72. The van der Waals surface area contributed by atoms with Crippen molar-refractivity contribution in [2.75, 3.05) is 19.7 Å². The Balaban J connectivity index is 1.94. The van der Waals surface area contributed by atoms with E-state index in [0.29, 0.717) is 19.7 Å². The molecule has 0 unspecified atom stereocenters. The molecule has 0 aromatic heterocycles. The summed E-state index contributed by atoms with van der Waals surface area (Å²) in [7, 11) is 0. The smallest absolute Gasteiger partial charge is 0.108 e. The minimum atomic E-state index is -0.740. The number of nitrogens with one attached hydrogen (secondary N) is 1. The zero-order chi connectivity index (χ0) is 13.2. The van der Waals surface area contributed by atoms with Gasteiger partial charge in [0, 0.05) is 19.7 Å². The Morgan fingerprint density at radius 2 is 1.67 bits per heavy atom. The molecule has 4 nitrogen and oxygen atoms in total. The summed E-state index contributed by atoms with van der Waals surface area (Å²) in [6, 6.07) is 0. The van der Waals surface area contributed by atoms with Crippen molar-refractivity contribution in [3.05, 3.63) is 0 Å². The first kappa shape index (κ1) is 15.9. The number of ether oxygens (including phenoxy) is 1. The van der Waals surface area contributed by atoms with Crippen LogP contribution in [0.5, 0.6) is 0 Å². The fourth-order valence-electron chi connectivity index (χ4n) is 2.31. The number of piperidine rings is 1. The molecule has 1 aliphatic heterocycles. The Kier molecular flexibility index (Phi) is 8.59. The quantitative estimate of drug-likeness (QED) is 0.548. The van der Waals surface area contributed by atoms with Gasteiger partial charge >= 0.3 is 0 Å². The van der Waals surface area contributed by atoms with Crippen molar-refractivity contribution in [1.82, 2.24) is 5.32 Å². The van der Waals surface area contributed by atoms with Crippen molar-refractivity contribution in [3.63, 3.8) is 0 Å². The van der Waals surface area contributed by atoms with Crippen LogP contribution in [-0.2, 0) is 4.74 Å². The van der Waals surface area contributed by atoms with Crippen molar-refractivity contribution < 1.29 is 14.9 Å². The first-order chi connectivity index (χ1) is 8.75. The van der Waals surface area contributed by atoms with E-state index >= 15 is 0 Å².